The Balaban J connectivity index is 0.00000172. The van der Waals surface area contributed by atoms with Gasteiger partial charge in [-0.3, -0.25) is 0 Å². The molecule has 0 N–H and O–H groups in total. The minimum absolute atomic E-state index is 0.710. The molecule has 1 aromatic rings. The number of nitrogens with zero attached hydrogens (tertiary/aromatic N) is 1. The number of likely N-dealkylation sites (N-methyl/N-ethyl adjacent to an activating group) is 1. The van der Waals surface area contributed by atoms with Crippen molar-refractivity contribution < 1.29 is 0 Å². The van der Waals surface area contributed by atoms with E-state index in [2.05, 4.69) is 56.9 Å². The van der Waals surface area contributed by atoms with Gasteiger partial charge in [-0.25, -0.2) is 0 Å². The highest BCUT2D eigenvalue weighted by Gasteiger charge is 2.15. The van der Waals surface area contributed by atoms with Gasteiger partial charge in [0.1, 0.15) is 0 Å². The first-order chi connectivity index (χ1) is 9.71. The molecule has 0 aliphatic carbocycles. The Hall–Kier alpha value is -0.820. The molecule has 1 rings (SSSR count). The molecule has 0 aromatic heterocycles. The molecule has 1 nitrogen and oxygen atoms in total. The summed E-state index contributed by atoms with van der Waals surface area (Å²) in [5, 5.41) is 0. The topological polar surface area (TPSA) is 3.24 Å². The van der Waals surface area contributed by atoms with E-state index in [4.69, 9.17) is 0 Å². The van der Waals surface area contributed by atoms with E-state index in [1.54, 1.807) is 0 Å². The molecule has 0 amide bonds. The second-order valence-corrected chi connectivity index (χ2v) is 5.26. The van der Waals surface area contributed by atoms with Crippen LogP contribution < -0.4 is 0 Å². The summed E-state index contributed by atoms with van der Waals surface area (Å²) < 4.78 is 0. The summed E-state index contributed by atoms with van der Waals surface area (Å²) in [5.41, 5.74) is 2.87. The van der Waals surface area contributed by atoms with E-state index in [-0.39, 0.29) is 0 Å². The van der Waals surface area contributed by atoms with E-state index >= 15 is 0 Å². The number of benzene rings is 1. The lowest BCUT2D eigenvalue weighted by Crippen LogP contribution is -2.37. The zero-order valence-electron chi connectivity index (χ0n) is 14.6. The fourth-order valence-corrected chi connectivity index (χ4v) is 2.74. The van der Waals surface area contributed by atoms with Crippen molar-refractivity contribution in [1.82, 2.24) is 4.90 Å². The van der Waals surface area contributed by atoms with E-state index in [9.17, 15) is 0 Å². The molecule has 0 bridgehead atoms. The summed E-state index contributed by atoms with van der Waals surface area (Å²) in [6.07, 6.45) is 5.03. The van der Waals surface area contributed by atoms with Crippen molar-refractivity contribution in [3.8, 4) is 0 Å². The Morgan fingerprint density at radius 1 is 1.05 bits per heavy atom. The second kappa shape index (κ2) is 12.0. The fourth-order valence-electron chi connectivity index (χ4n) is 2.74. The standard InChI is InChI=1S/C17H29N.C2H6/c1-5-9-17(18(7-3)12-6-2)14-16-11-8-10-15(4)13-16;1-2/h8,10-11,13,17H,5-7,9,12,14H2,1-4H3;1-2H3. The van der Waals surface area contributed by atoms with Crippen molar-refractivity contribution in [2.75, 3.05) is 13.1 Å². The van der Waals surface area contributed by atoms with Crippen molar-refractivity contribution in [2.45, 2.75) is 73.3 Å². The molecule has 0 aliphatic rings. The van der Waals surface area contributed by atoms with Crippen LogP contribution in [0, 0.1) is 6.92 Å². The Kier molecular flexibility index (Phi) is 11.5. The van der Waals surface area contributed by atoms with Crippen LogP contribution in [-0.4, -0.2) is 24.0 Å². The lowest BCUT2D eigenvalue weighted by atomic mass is 9.99. The predicted octanol–water partition coefficient (Wildman–Crippen LogP) is 5.46. The monoisotopic (exact) mass is 277 g/mol. The summed E-state index contributed by atoms with van der Waals surface area (Å²) in [5.74, 6) is 0. The summed E-state index contributed by atoms with van der Waals surface area (Å²) in [6, 6.07) is 9.69. The summed E-state index contributed by atoms with van der Waals surface area (Å²) in [6.45, 7) is 15.4. The lowest BCUT2D eigenvalue weighted by molar-refractivity contribution is 0.193. The normalized spacial score (nSPS) is 11.9. The molecular weight excluding hydrogens is 242 g/mol. The zero-order valence-corrected chi connectivity index (χ0v) is 14.6. The van der Waals surface area contributed by atoms with E-state index in [1.807, 2.05) is 13.8 Å². The van der Waals surface area contributed by atoms with Gasteiger partial charge in [0, 0.05) is 6.04 Å². The molecule has 0 heterocycles. The van der Waals surface area contributed by atoms with Crippen molar-refractivity contribution >= 4 is 0 Å². The van der Waals surface area contributed by atoms with E-state index in [1.165, 1.54) is 49.9 Å². The van der Waals surface area contributed by atoms with Crippen LogP contribution >= 0.6 is 0 Å². The summed E-state index contributed by atoms with van der Waals surface area (Å²) in [4.78, 5) is 2.64. The average molecular weight is 277 g/mol. The first kappa shape index (κ1) is 19.2. The molecule has 0 saturated carbocycles. The van der Waals surface area contributed by atoms with Crippen LogP contribution in [0.1, 0.15) is 65.0 Å². The predicted molar refractivity (Wildman–Crippen MR) is 92.5 cm³/mol. The molecule has 0 spiro atoms. The SMILES string of the molecule is CC.CCCC(Cc1cccc(C)c1)N(CC)CCC. The van der Waals surface area contributed by atoms with E-state index in [0.29, 0.717) is 6.04 Å². The first-order valence-corrected chi connectivity index (χ1v) is 8.50. The Morgan fingerprint density at radius 3 is 2.25 bits per heavy atom. The number of aryl methyl sites for hydroxylation is 1. The minimum Gasteiger partial charge on any atom is -0.300 e. The van der Waals surface area contributed by atoms with Crippen LogP contribution in [0.25, 0.3) is 0 Å². The van der Waals surface area contributed by atoms with Crippen LogP contribution in [0.2, 0.25) is 0 Å². The molecular formula is C19H35N. The molecule has 0 saturated heterocycles. The van der Waals surface area contributed by atoms with Crippen LogP contribution in [0.4, 0.5) is 0 Å². The molecule has 20 heavy (non-hydrogen) atoms. The number of rotatable bonds is 8. The van der Waals surface area contributed by atoms with Gasteiger partial charge in [-0.05, 0) is 44.8 Å². The Labute approximate surface area is 127 Å². The van der Waals surface area contributed by atoms with Crippen LogP contribution in [0.15, 0.2) is 24.3 Å². The van der Waals surface area contributed by atoms with Gasteiger partial charge < -0.3 is 4.90 Å². The van der Waals surface area contributed by atoms with Crippen molar-refractivity contribution in [2.24, 2.45) is 0 Å². The van der Waals surface area contributed by atoms with Gasteiger partial charge in [0.15, 0.2) is 0 Å². The first-order valence-electron chi connectivity index (χ1n) is 8.50. The van der Waals surface area contributed by atoms with Gasteiger partial charge in [0.2, 0.25) is 0 Å². The number of hydrogen-bond acceptors (Lipinski definition) is 1. The minimum atomic E-state index is 0.710. The van der Waals surface area contributed by atoms with Gasteiger partial charge in [-0.15, -0.1) is 0 Å². The van der Waals surface area contributed by atoms with Gasteiger partial charge in [0.25, 0.3) is 0 Å². The molecule has 1 unspecified atom stereocenters. The smallest absolute Gasteiger partial charge is 0.0135 e. The molecule has 116 valence electrons. The average Bonchev–Trinajstić information content (AvgIpc) is 2.46. The molecule has 1 atom stereocenters. The summed E-state index contributed by atoms with van der Waals surface area (Å²) in [7, 11) is 0. The molecule has 1 heteroatoms. The second-order valence-electron chi connectivity index (χ2n) is 5.26. The van der Waals surface area contributed by atoms with Crippen LogP contribution in [0.5, 0.6) is 0 Å². The van der Waals surface area contributed by atoms with Gasteiger partial charge >= 0.3 is 0 Å². The highest BCUT2D eigenvalue weighted by Crippen LogP contribution is 2.15. The molecule has 1 aromatic carbocycles. The molecule has 0 aliphatic heterocycles. The molecule has 0 fully saturated rings. The lowest BCUT2D eigenvalue weighted by Gasteiger charge is -2.30. The van der Waals surface area contributed by atoms with E-state index in [0.717, 1.165) is 0 Å². The third-order valence-electron chi connectivity index (χ3n) is 3.61. The maximum absolute atomic E-state index is 2.64. The maximum Gasteiger partial charge on any atom is 0.0135 e. The van der Waals surface area contributed by atoms with Gasteiger partial charge in [-0.2, -0.15) is 0 Å². The van der Waals surface area contributed by atoms with Crippen LogP contribution in [-0.2, 0) is 6.42 Å². The summed E-state index contributed by atoms with van der Waals surface area (Å²) >= 11 is 0. The maximum atomic E-state index is 2.64. The van der Waals surface area contributed by atoms with Gasteiger partial charge in [0.05, 0.1) is 0 Å². The third kappa shape index (κ3) is 7.09. The third-order valence-corrected chi connectivity index (χ3v) is 3.61. The van der Waals surface area contributed by atoms with E-state index < -0.39 is 0 Å². The highest BCUT2D eigenvalue weighted by molar-refractivity contribution is 5.23. The zero-order chi connectivity index (χ0) is 15.4. The molecule has 0 radical (unpaired) electrons. The Morgan fingerprint density at radius 2 is 1.75 bits per heavy atom. The van der Waals surface area contributed by atoms with Crippen molar-refractivity contribution in [3.63, 3.8) is 0 Å². The van der Waals surface area contributed by atoms with Gasteiger partial charge in [-0.1, -0.05) is 70.9 Å². The Bertz CT molecular complexity index is 332. The largest absolute Gasteiger partial charge is 0.300 e. The van der Waals surface area contributed by atoms with Crippen molar-refractivity contribution in [3.05, 3.63) is 35.4 Å². The highest BCUT2D eigenvalue weighted by atomic mass is 15.1. The number of hydrogen-bond donors (Lipinski definition) is 0. The fraction of sp³-hybridized carbons (Fsp3) is 0.684. The quantitative estimate of drug-likeness (QED) is 0.609. The van der Waals surface area contributed by atoms with Crippen molar-refractivity contribution in [1.29, 1.82) is 0 Å². The van der Waals surface area contributed by atoms with Crippen LogP contribution in [0.3, 0.4) is 0 Å².